The Morgan fingerprint density at radius 3 is 2.39 bits per heavy atom. The molecule has 2 fully saturated rings. The summed E-state index contributed by atoms with van der Waals surface area (Å²) in [4.78, 5) is 16.4. The highest BCUT2D eigenvalue weighted by Gasteiger charge is 2.62. The van der Waals surface area contributed by atoms with Gasteiger partial charge in [-0.3, -0.25) is 9.80 Å². The fraction of sp³-hybridized carbons (Fsp3) is 0.519. The van der Waals surface area contributed by atoms with Crippen LogP contribution in [0.25, 0.3) is 0 Å². The van der Waals surface area contributed by atoms with Gasteiger partial charge < -0.3 is 0 Å². The first-order chi connectivity index (χ1) is 15.5. The number of aryl methyl sites for hydroxylation is 2. The van der Waals surface area contributed by atoms with Crippen molar-refractivity contribution in [3.8, 4) is 0 Å². The first kappa shape index (κ1) is 24.0. The van der Waals surface area contributed by atoms with E-state index in [9.17, 15) is 13.2 Å². The second-order valence-corrected chi connectivity index (χ2v) is 12.6. The highest BCUT2D eigenvalue weighted by atomic mass is 32.2. The summed E-state index contributed by atoms with van der Waals surface area (Å²) in [5.41, 5.74) is 2.72. The van der Waals surface area contributed by atoms with Gasteiger partial charge in [0.15, 0.2) is 0 Å². The lowest BCUT2D eigenvalue weighted by Gasteiger charge is -2.48. The summed E-state index contributed by atoms with van der Waals surface area (Å²) in [6.07, 6.45) is 4.05. The molecule has 3 atom stereocenters. The van der Waals surface area contributed by atoms with E-state index in [-0.39, 0.29) is 35.0 Å². The fourth-order valence-electron chi connectivity index (χ4n) is 6.38. The van der Waals surface area contributed by atoms with Crippen molar-refractivity contribution < 1.29 is 13.2 Å². The number of nitrogens with zero attached hydrogens (tertiary/aromatic N) is 1. The van der Waals surface area contributed by atoms with Gasteiger partial charge in [0.1, 0.15) is 0 Å². The maximum atomic E-state index is 13.6. The van der Waals surface area contributed by atoms with Gasteiger partial charge in [-0.25, -0.2) is 8.42 Å². The van der Waals surface area contributed by atoms with Crippen LogP contribution in [-0.2, 0) is 27.0 Å². The van der Waals surface area contributed by atoms with Crippen molar-refractivity contribution in [2.75, 3.05) is 0 Å². The third-order valence-corrected chi connectivity index (χ3v) is 9.06. The van der Waals surface area contributed by atoms with Gasteiger partial charge in [-0.1, -0.05) is 80.9 Å². The fourth-order valence-corrected chi connectivity index (χ4v) is 7.59. The number of hydrogen-bond acceptors (Lipinski definition) is 3. The third kappa shape index (κ3) is 5.02. The van der Waals surface area contributed by atoms with Crippen LogP contribution in [0.1, 0.15) is 63.1 Å². The van der Waals surface area contributed by atoms with Crippen LogP contribution in [0.5, 0.6) is 0 Å². The summed E-state index contributed by atoms with van der Waals surface area (Å²) >= 11 is 0. The van der Waals surface area contributed by atoms with E-state index < -0.39 is 10.0 Å². The Labute approximate surface area is 198 Å². The minimum atomic E-state index is -3.74. The topological polar surface area (TPSA) is 66.5 Å². The Balaban J connectivity index is 1.60. The van der Waals surface area contributed by atoms with Crippen LogP contribution in [0, 0.1) is 23.7 Å². The number of benzene rings is 2. The highest BCUT2D eigenvalue weighted by molar-refractivity contribution is 7.88. The molecule has 1 amide bonds. The molecule has 33 heavy (non-hydrogen) atoms. The molecule has 2 saturated carbocycles. The highest BCUT2D eigenvalue weighted by Crippen LogP contribution is 2.63. The van der Waals surface area contributed by atoms with E-state index in [1.165, 1.54) is 5.01 Å². The number of sulfonamides is 1. The van der Waals surface area contributed by atoms with Gasteiger partial charge in [0.25, 0.3) is 0 Å². The first-order valence-corrected chi connectivity index (χ1v) is 13.6. The number of carbonyl (C=O) groups excluding carboxylic acids is 1. The van der Waals surface area contributed by atoms with Crippen molar-refractivity contribution >= 4 is 15.9 Å². The van der Waals surface area contributed by atoms with Crippen molar-refractivity contribution in [2.24, 2.45) is 16.7 Å². The van der Waals surface area contributed by atoms with Crippen molar-refractivity contribution in [3.05, 3.63) is 71.3 Å². The summed E-state index contributed by atoms with van der Waals surface area (Å²) in [6.45, 7) is 8.64. The Kier molecular flexibility index (Phi) is 6.45. The van der Waals surface area contributed by atoms with Gasteiger partial charge >= 0.3 is 0 Å². The summed E-state index contributed by atoms with van der Waals surface area (Å²) < 4.78 is 26.4. The second-order valence-electron chi connectivity index (χ2n) is 10.9. The van der Waals surface area contributed by atoms with Crippen molar-refractivity contribution in [2.45, 2.75) is 71.6 Å². The number of hydrogen-bond donors (Lipinski definition) is 1. The molecular formula is C27H36N2O3S. The number of carbonyl (C=O) groups is 1. The van der Waals surface area contributed by atoms with Crippen molar-refractivity contribution in [1.29, 1.82) is 0 Å². The number of hydrazine groups is 1. The summed E-state index contributed by atoms with van der Waals surface area (Å²) in [5, 5.41) is 1.51. The Morgan fingerprint density at radius 1 is 1.06 bits per heavy atom. The molecule has 2 aliphatic carbocycles. The van der Waals surface area contributed by atoms with Gasteiger partial charge in [0, 0.05) is 6.42 Å². The number of fused-ring (bicyclic) bond motifs is 2. The minimum Gasteiger partial charge on any atom is -0.273 e. The monoisotopic (exact) mass is 468 g/mol. The average Bonchev–Trinajstić information content (AvgIpc) is 3.22. The summed E-state index contributed by atoms with van der Waals surface area (Å²) in [5.74, 6) is 0.196. The maximum Gasteiger partial charge on any atom is 0.238 e. The van der Waals surface area contributed by atoms with E-state index in [1.54, 1.807) is 12.1 Å². The Hall–Kier alpha value is -2.18. The van der Waals surface area contributed by atoms with Crippen LogP contribution in [-0.4, -0.2) is 25.4 Å². The molecule has 1 N–H and O–H groups in total. The Morgan fingerprint density at radius 2 is 1.76 bits per heavy atom. The van der Waals surface area contributed by atoms with Crippen LogP contribution in [0.2, 0.25) is 0 Å². The van der Waals surface area contributed by atoms with Gasteiger partial charge in [-0.2, -0.15) is 0 Å². The number of nitrogens with one attached hydrogen (secondary N) is 1. The lowest BCUT2D eigenvalue weighted by molar-refractivity contribution is -0.143. The molecule has 2 bridgehead atoms. The quantitative estimate of drug-likeness (QED) is 0.554. The molecule has 0 heterocycles. The minimum absolute atomic E-state index is 0.0809. The largest absolute Gasteiger partial charge is 0.273 e. The normalized spacial score (nSPS) is 25.8. The zero-order valence-corrected chi connectivity index (χ0v) is 21.0. The molecule has 4 rings (SSSR count). The van der Waals surface area contributed by atoms with E-state index in [1.807, 2.05) is 43.3 Å². The molecule has 178 valence electrons. The van der Waals surface area contributed by atoms with E-state index >= 15 is 0 Å². The van der Waals surface area contributed by atoms with Crippen LogP contribution >= 0.6 is 0 Å². The predicted octanol–water partition coefficient (Wildman–Crippen LogP) is 5.01. The van der Waals surface area contributed by atoms with E-state index in [2.05, 4.69) is 31.7 Å². The molecule has 0 aliphatic heterocycles. The van der Waals surface area contributed by atoms with Gasteiger partial charge in [-0.15, -0.1) is 4.83 Å². The zero-order valence-electron chi connectivity index (χ0n) is 20.2. The molecule has 1 unspecified atom stereocenters. The molecule has 2 aliphatic rings. The lowest BCUT2D eigenvalue weighted by Crippen LogP contribution is -2.61. The van der Waals surface area contributed by atoms with E-state index in [4.69, 9.17) is 0 Å². The molecule has 2 aromatic carbocycles. The van der Waals surface area contributed by atoms with Crippen LogP contribution in [0.4, 0.5) is 0 Å². The number of amides is 1. The molecule has 2 aromatic rings. The SMILES string of the molecule is Cc1cccc(CCC(=O)N(NS(=O)(=O)Cc2ccccc2)[C@@H]2C(C)(C)C3CC[C@@]2(C)C3)c1. The predicted molar refractivity (Wildman–Crippen MR) is 132 cm³/mol. The lowest BCUT2D eigenvalue weighted by atomic mass is 9.68. The number of rotatable bonds is 8. The molecular weight excluding hydrogens is 432 g/mol. The van der Waals surface area contributed by atoms with E-state index in [0.717, 1.165) is 30.4 Å². The molecule has 0 saturated heterocycles. The van der Waals surface area contributed by atoms with Crippen molar-refractivity contribution in [3.63, 3.8) is 0 Å². The van der Waals surface area contributed by atoms with Crippen LogP contribution < -0.4 is 4.83 Å². The molecule has 6 heteroatoms. The summed E-state index contributed by atoms with van der Waals surface area (Å²) in [7, 11) is -3.74. The second kappa shape index (κ2) is 8.88. The van der Waals surface area contributed by atoms with Gasteiger partial charge in [0.05, 0.1) is 11.8 Å². The average molecular weight is 469 g/mol. The standard InChI is InChI=1S/C27H36N2O3S/c1-20-9-8-12-21(17-20)13-14-24(30)29(25-26(2,3)23-15-16-27(25,4)18-23)28-33(31,32)19-22-10-6-5-7-11-22/h5-12,17,23,25,28H,13-16,18-19H2,1-4H3/t23?,25-,27+/m1/s1. The zero-order chi connectivity index (χ0) is 23.9. The smallest absolute Gasteiger partial charge is 0.238 e. The van der Waals surface area contributed by atoms with Crippen molar-refractivity contribution in [1.82, 2.24) is 9.84 Å². The van der Waals surface area contributed by atoms with Crippen LogP contribution in [0.3, 0.4) is 0 Å². The van der Waals surface area contributed by atoms with Gasteiger partial charge in [0.2, 0.25) is 15.9 Å². The molecule has 5 nitrogen and oxygen atoms in total. The van der Waals surface area contributed by atoms with Gasteiger partial charge in [-0.05, 0) is 60.5 Å². The molecule has 0 radical (unpaired) electrons. The molecule has 0 aromatic heterocycles. The first-order valence-electron chi connectivity index (χ1n) is 11.9. The van der Waals surface area contributed by atoms with Crippen LogP contribution in [0.15, 0.2) is 54.6 Å². The Bertz CT molecular complexity index is 1110. The third-order valence-electron chi connectivity index (χ3n) is 7.87. The molecule has 0 spiro atoms. The summed E-state index contributed by atoms with van der Waals surface area (Å²) in [6, 6.07) is 17.1. The van der Waals surface area contributed by atoms with E-state index in [0.29, 0.717) is 17.9 Å². The maximum absolute atomic E-state index is 13.6.